The van der Waals surface area contributed by atoms with Crippen molar-refractivity contribution in [3.05, 3.63) is 71.9 Å². The van der Waals surface area contributed by atoms with Crippen molar-refractivity contribution >= 4 is 17.4 Å². The van der Waals surface area contributed by atoms with Crippen LogP contribution in [0.3, 0.4) is 0 Å². The third kappa shape index (κ3) is 3.36. The molecule has 1 aliphatic carbocycles. The summed E-state index contributed by atoms with van der Waals surface area (Å²) in [6.07, 6.45) is 4.23. The molecule has 0 radical (unpaired) electrons. The molecule has 3 aromatic rings. The minimum atomic E-state index is -0.117. The van der Waals surface area contributed by atoms with E-state index < -0.39 is 0 Å². The van der Waals surface area contributed by atoms with E-state index in [2.05, 4.69) is 39.5 Å². The number of benzene rings is 2. The molecule has 0 bridgehead atoms. The molecule has 0 unspecified atom stereocenters. The molecule has 5 heteroatoms. The Kier molecular flexibility index (Phi) is 4.28. The van der Waals surface area contributed by atoms with Gasteiger partial charge in [-0.1, -0.05) is 48.5 Å². The molecule has 28 heavy (non-hydrogen) atoms. The molecule has 0 atom stereocenters. The van der Waals surface area contributed by atoms with Gasteiger partial charge >= 0.3 is 0 Å². The number of fused-ring (bicyclic) bond motifs is 1. The van der Waals surface area contributed by atoms with E-state index >= 15 is 0 Å². The highest BCUT2D eigenvalue weighted by molar-refractivity contribution is 5.94. The van der Waals surface area contributed by atoms with E-state index in [0.29, 0.717) is 17.6 Å². The zero-order valence-corrected chi connectivity index (χ0v) is 15.6. The fourth-order valence-electron chi connectivity index (χ4n) is 3.66. The van der Waals surface area contributed by atoms with E-state index in [4.69, 9.17) is 4.98 Å². The average molecular weight is 370 g/mol. The molecule has 1 aliphatic heterocycles. The molecular weight excluding hydrogens is 348 g/mol. The number of amides is 1. The van der Waals surface area contributed by atoms with Gasteiger partial charge in [-0.3, -0.25) is 4.79 Å². The molecule has 0 saturated heterocycles. The van der Waals surface area contributed by atoms with Crippen molar-refractivity contribution in [1.29, 1.82) is 0 Å². The number of aryl methyl sites for hydroxylation is 1. The number of anilines is 2. The minimum Gasteiger partial charge on any atom is -0.348 e. The van der Waals surface area contributed by atoms with Crippen LogP contribution >= 0.6 is 0 Å². The molecule has 1 aromatic heterocycles. The van der Waals surface area contributed by atoms with E-state index in [1.165, 1.54) is 11.3 Å². The Bertz CT molecular complexity index is 1010. The first kappa shape index (κ1) is 16.9. The molecule has 1 N–H and O–H groups in total. The zero-order chi connectivity index (χ0) is 18.9. The van der Waals surface area contributed by atoms with Crippen molar-refractivity contribution in [1.82, 2.24) is 15.3 Å². The number of nitrogens with one attached hydrogen (secondary N) is 1. The van der Waals surface area contributed by atoms with Crippen molar-refractivity contribution in [3.8, 4) is 11.4 Å². The molecule has 2 aromatic carbocycles. The summed E-state index contributed by atoms with van der Waals surface area (Å²) in [5.41, 5.74) is 3.83. The van der Waals surface area contributed by atoms with Crippen LogP contribution in [0, 0.1) is 0 Å². The van der Waals surface area contributed by atoms with E-state index in [1.807, 2.05) is 36.4 Å². The third-order valence-electron chi connectivity index (χ3n) is 5.28. The first-order chi connectivity index (χ1) is 13.8. The lowest BCUT2D eigenvalue weighted by atomic mass is 10.0. The SMILES string of the molecule is O=C(NC1CC1)c1cc(N2CCCc3ccccc32)nc(-c2ccccc2)n1. The van der Waals surface area contributed by atoms with Crippen molar-refractivity contribution in [3.63, 3.8) is 0 Å². The smallest absolute Gasteiger partial charge is 0.270 e. The quantitative estimate of drug-likeness (QED) is 0.751. The highest BCUT2D eigenvalue weighted by Gasteiger charge is 2.26. The molecule has 0 spiro atoms. The maximum Gasteiger partial charge on any atom is 0.270 e. The number of carbonyl (C=O) groups excluding carboxylic acids is 1. The highest BCUT2D eigenvalue weighted by atomic mass is 16.2. The lowest BCUT2D eigenvalue weighted by Gasteiger charge is -2.30. The van der Waals surface area contributed by atoms with Crippen LogP contribution in [0.2, 0.25) is 0 Å². The van der Waals surface area contributed by atoms with Gasteiger partial charge in [0.15, 0.2) is 5.82 Å². The molecular formula is C23H22N4O. The monoisotopic (exact) mass is 370 g/mol. The Morgan fingerprint density at radius 2 is 1.79 bits per heavy atom. The summed E-state index contributed by atoms with van der Waals surface area (Å²) in [4.78, 5) is 24.4. The van der Waals surface area contributed by atoms with Crippen LogP contribution in [-0.2, 0) is 6.42 Å². The van der Waals surface area contributed by atoms with Crippen molar-refractivity contribution in [2.75, 3.05) is 11.4 Å². The number of carbonyl (C=O) groups is 1. The molecule has 5 nitrogen and oxygen atoms in total. The second-order valence-corrected chi connectivity index (χ2v) is 7.43. The maximum absolute atomic E-state index is 12.7. The first-order valence-electron chi connectivity index (χ1n) is 9.89. The summed E-state index contributed by atoms with van der Waals surface area (Å²) in [6.45, 7) is 0.881. The first-order valence-corrected chi connectivity index (χ1v) is 9.89. The number of hydrogen-bond donors (Lipinski definition) is 1. The fraction of sp³-hybridized carbons (Fsp3) is 0.261. The van der Waals surface area contributed by atoms with Crippen LogP contribution in [0.1, 0.15) is 35.3 Å². The molecule has 140 valence electrons. The lowest BCUT2D eigenvalue weighted by molar-refractivity contribution is 0.0946. The Morgan fingerprint density at radius 1 is 1.00 bits per heavy atom. The Balaban J connectivity index is 1.60. The lowest BCUT2D eigenvalue weighted by Crippen LogP contribution is -2.29. The number of rotatable bonds is 4. The summed E-state index contributed by atoms with van der Waals surface area (Å²) in [5.74, 6) is 1.25. The summed E-state index contributed by atoms with van der Waals surface area (Å²) in [7, 11) is 0. The minimum absolute atomic E-state index is 0.117. The largest absolute Gasteiger partial charge is 0.348 e. The molecule has 5 rings (SSSR count). The topological polar surface area (TPSA) is 58.1 Å². The Hall–Kier alpha value is -3.21. The predicted octanol–water partition coefficient (Wildman–Crippen LogP) is 4.12. The molecule has 1 amide bonds. The number of para-hydroxylation sites is 1. The van der Waals surface area contributed by atoms with Gasteiger partial charge in [-0.05, 0) is 37.3 Å². The number of hydrogen-bond acceptors (Lipinski definition) is 4. The predicted molar refractivity (Wildman–Crippen MR) is 110 cm³/mol. The van der Waals surface area contributed by atoms with Gasteiger partial charge in [0.2, 0.25) is 0 Å². The Labute approximate surface area is 164 Å². The van der Waals surface area contributed by atoms with Gasteiger partial charge in [0.25, 0.3) is 5.91 Å². The van der Waals surface area contributed by atoms with Gasteiger partial charge in [0.05, 0.1) is 0 Å². The number of nitrogens with zero attached hydrogens (tertiary/aromatic N) is 3. The summed E-state index contributed by atoms with van der Waals surface area (Å²) in [5, 5.41) is 3.05. The van der Waals surface area contributed by atoms with Crippen LogP contribution in [0.5, 0.6) is 0 Å². The van der Waals surface area contributed by atoms with E-state index in [-0.39, 0.29) is 5.91 Å². The normalized spacial score (nSPS) is 15.8. The third-order valence-corrected chi connectivity index (χ3v) is 5.28. The average Bonchev–Trinajstić information content (AvgIpc) is 3.57. The highest BCUT2D eigenvalue weighted by Crippen LogP contribution is 2.33. The fourth-order valence-corrected chi connectivity index (χ4v) is 3.66. The summed E-state index contributed by atoms with van der Waals surface area (Å²) >= 11 is 0. The Morgan fingerprint density at radius 3 is 2.61 bits per heavy atom. The molecule has 1 saturated carbocycles. The van der Waals surface area contributed by atoms with Crippen molar-refractivity contribution in [2.24, 2.45) is 0 Å². The second kappa shape index (κ2) is 7.08. The van der Waals surface area contributed by atoms with Crippen LogP contribution in [0.15, 0.2) is 60.7 Å². The van der Waals surface area contributed by atoms with Crippen molar-refractivity contribution < 1.29 is 4.79 Å². The second-order valence-electron chi connectivity index (χ2n) is 7.43. The maximum atomic E-state index is 12.7. The van der Waals surface area contributed by atoms with Gasteiger partial charge < -0.3 is 10.2 Å². The summed E-state index contributed by atoms with van der Waals surface area (Å²) in [6, 6.07) is 20.4. The van der Waals surface area contributed by atoms with Crippen LogP contribution in [0.25, 0.3) is 11.4 Å². The molecule has 1 fully saturated rings. The van der Waals surface area contributed by atoms with E-state index in [1.54, 1.807) is 0 Å². The van der Waals surface area contributed by atoms with Crippen LogP contribution in [-0.4, -0.2) is 28.5 Å². The number of aromatic nitrogens is 2. The van der Waals surface area contributed by atoms with Gasteiger partial charge in [-0.15, -0.1) is 0 Å². The van der Waals surface area contributed by atoms with Crippen molar-refractivity contribution in [2.45, 2.75) is 31.7 Å². The summed E-state index contributed by atoms with van der Waals surface area (Å²) < 4.78 is 0. The zero-order valence-electron chi connectivity index (χ0n) is 15.6. The van der Waals surface area contributed by atoms with Gasteiger partial charge in [0.1, 0.15) is 11.5 Å². The standard InChI is InChI=1S/C23H22N4O/c28-23(24-18-12-13-18)19-15-21(26-22(25-19)17-8-2-1-3-9-17)27-14-6-10-16-7-4-5-11-20(16)27/h1-5,7-9,11,15,18H,6,10,12-14H2,(H,24,28). The van der Waals surface area contributed by atoms with Crippen LogP contribution < -0.4 is 10.2 Å². The van der Waals surface area contributed by atoms with Crippen LogP contribution in [0.4, 0.5) is 11.5 Å². The van der Waals surface area contributed by atoms with Gasteiger partial charge in [-0.25, -0.2) is 9.97 Å². The molecule has 2 aliphatic rings. The van der Waals surface area contributed by atoms with E-state index in [0.717, 1.165) is 43.6 Å². The molecule has 2 heterocycles. The van der Waals surface area contributed by atoms with Gasteiger partial charge in [0, 0.05) is 29.9 Å². The van der Waals surface area contributed by atoms with E-state index in [9.17, 15) is 4.79 Å². The van der Waals surface area contributed by atoms with Gasteiger partial charge in [-0.2, -0.15) is 0 Å².